The molecule has 0 bridgehead atoms. The molecule has 0 heterocycles. The van der Waals surface area contributed by atoms with Crippen LogP contribution < -0.4 is 5.32 Å². The number of hydrogen-bond acceptors (Lipinski definition) is 3. The van der Waals surface area contributed by atoms with Crippen LogP contribution in [-0.4, -0.2) is 23.8 Å². The largest absolute Gasteiger partial charge is 0.396 e. The molecule has 92 valence electrons. The first-order valence-corrected chi connectivity index (χ1v) is 5.61. The molecule has 0 aliphatic heterocycles. The van der Waals surface area contributed by atoms with Gasteiger partial charge in [-0.25, -0.2) is 4.39 Å². The fourth-order valence-corrected chi connectivity index (χ4v) is 1.64. The standard InChI is InChI=1S/C13H17FN2O/c1-13(10-15,16-6-3-7-17)9-11-4-2-5-12(14)8-11/h2,4-5,8,16-17H,3,6-7,9H2,1H3. The molecule has 0 saturated heterocycles. The molecule has 0 aromatic heterocycles. The molecule has 4 heteroatoms. The summed E-state index contributed by atoms with van der Waals surface area (Å²) in [4.78, 5) is 0. The Morgan fingerprint density at radius 3 is 2.88 bits per heavy atom. The van der Waals surface area contributed by atoms with Crippen molar-refractivity contribution < 1.29 is 9.50 Å². The van der Waals surface area contributed by atoms with Gasteiger partial charge in [-0.05, 0) is 37.6 Å². The van der Waals surface area contributed by atoms with Crippen LogP contribution in [0.2, 0.25) is 0 Å². The van der Waals surface area contributed by atoms with Gasteiger partial charge in [-0.1, -0.05) is 12.1 Å². The van der Waals surface area contributed by atoms with E-state index in [0.29, 0.717) is 19.4 Å². The number of nitriles is 1. The van der Waals surface area contributed by atoms with Gasteiger partial charge < -0.3 is 5.11 Å². The van der Waals surface area contributed by atoms with E-state index in [9.17, 15) is 4.39 Å². The maximum Gasteiger partial charge on any atom is 0.123 e. The lowest BCUT2D eigenvalue weighted by Gasteiger charge is -2.23. The molecule has 1 unspecified atom stereocenters. The number of aliphatic hydroxyl groups is 1. The Bertz CT molecular complexity index is 403. The van der Waals surface area contributed by atoms with Crippen molar-refractivity contribution in [3.05, 3.63) is 35.6 Å². The molecule has 17 heavy (non-hydrogen) atoms. The Hall–Kier alpha value is -1.44. The van der Waals surface area contributed by atoms with Gasteiger partial charge in [0.2, 0.25) is 0 Å². The number of nitrogens with zero attached hydrogens (tertiary/aromatic N) is 1. The Balaban J connectivity index is 2.65. The highest BCUT2D eigenvalue weighted by molar-refractivity contribution is 5.22. The molecule has 0 saturated carbocycles. The van der Waals surface area contributed by atoms with Crippen LogP contribution in [0.4, 0.5) is 4.39 Å². The van der Waals surface area contributed by atoms with E-state index in [0.717, 1.165) is 5.56 Å². The lowest BCUT2D eigenvalue weighted by molar-refractivity contribution is 0.279. The Morgan fingerprint density at radius 2 is 2.29 bits per heavy atom. The van der Waals surface area contributed by atoms with E-state index in [1.807, 2.05) is 0 Å². The maximum absolute atomic E-state index is 13.0. The minimum atomic E-state index is -0.733. The van der Waals surface area contributed by atoms with E-state index in [1.165, 1.54) is 12.1 Å². The lowest BCUT2D eigenvalue weighted by Crippen LogP contribution is -2.43. The molecule has 2 N–H and O–H groups in total. The number of hydrogen-bond donors (Lipinski definition) is 2. The van der Waals surface area contributed by atoms with Crippen molar-refractivity contribution in [2.24, 2.45) is 0 Å². The van der Waals surface area contributed by atoms with Gasteiger partial charge in [0.15, 0.2) is 0 Å². The van der Waals surface area contributed by atoms with Crippen molar-refractivity contribution in [2.45, 2.75) is 25.3 Å². The maximum atomic E-state index is 13.0. The predicted molar refractivity (Wildman–Crippen MR) is 63.8 cm³/mol. The van der Waals surface area contributed by atoms with Crippen molar-refractivity contribution in [3.63, 3.8) is 0 Å². The third kappa shape index (κ3) is 4.51. The highest BCUT2D eigenvalue weighted by atomic mass is 19.1. The zero-order valence-electron chi connectivity index (χ0n) is 9.91. The van der Waals surface area contributed by atoms with Gasteiger partial charge in [0.1, 0.15) is 11.4 Å². The summed E-state index contributed by atoms with van der Waals surface area (Å²) in [5, 5.41) is 20.9. The third-order valence-electron chi connectivity index (χ3n) is 2.54. The summed E-state index contributed by atoms with van der Waals surface area (Å²) in [5.41, 5.74) is 0.0497. The highest BCUT2D eigenvalue weighted by Gasteiger charge is 2.23. The number of benzene rings is 1. The van der Waals surface area contributed by atoms with Gasteiger partial charge >= 0.3 is 0 Å². The molecule has 0 amide bonds. The van der Waals surface area contributed by atoms with E-state index < -0.39 is 5.54 Å². The first-order valence-electron chi connectivity index (χ1n) is 5.61. The van der Waals surface area contributed by atoms with Crippen LogP contribution in [0.1, 0.15) is 18.9 Å². The summed E-state index contributed by atoms with van der Waals surface area (Å²) in [7, 11) is 0. The number of aliphatic hydroxyl groups excluding tert-OH is 1. The third-order valence-corrected chi connectivity index (χ3v) is 2.54. The highest BCUT2D eigenvalue weighted by Crippen LogP contribution is 2.13. The average molecular weight is 236 g/mol. The van der Waals surface area contributed by atoms with E-state index in [-0.39, 0.29) is 12.4 Å². The first kappa shape index (κ1) is 13.6. The Kier molecular flexibility index (Phi) is 5.08. The Labute approximate surface area is 101 Å². The molecule has 0 aliphatic carbocycles. The van der Waals surface area contributed by atoms with Crippen molar-refractivity contribution in [1.82, 2.24) is 5.32 Å². The van der Waals surface area contributed by atoms with E-state index >= 15 is 0 Å². The average Bonchev–Trinajstić information content (AvgIpc) is 2.29. The van der Waals surface area contributed by atoms with Crippen molar-refractivity contribution in [2.75, 3.05) is 13.2 Å². The minimum absolute atomic E-state index is 0.0917. The van der Waals surface area contributed by atoms with E-state index in [2.05, 4.69) is 11.4 Å². The molecular weight excluding hydrogens is 219 g/mol. The summed E-state index contributed by atoms with van der Waals surface area (Å²) in [5.74, 6) is -0.293. The van der Waals surface area contributed by atoms with Gasteiger partial charge in [0.25, 0.3) is 0 Å². The fraction of sp³-hybridized carbons (Fsp3) is 0.462. The SMILES string of the molecule is CC(C#N)(Cc1cccc(F)c1)NCCCO. The molecule has 3 nitrogen and oxygen atoms in total. The molecule has 1 atom stereocenters. The fourth-order valence-electron chi connectivity index (χ4n) is 1.64. The smallest absolute Gasteiger partial charge is 0.123 e. The molecule has 1 rings (SSSR count). The van der Waals surface area contributed by atoms with Crippen molar-refractivity contribution in [1.29, 1.82) is 5.26 Å². The second-order valence-corrected chi connectivity index (χ2v) is 4.25. The van der Waals surface area contributed by atoms with Crippen LogP contribution >= 0.6 is 0 Å². The van der Waals surface area contributed by atoms with Crippen LogP contribution in [0.15, 0.2) is 24.3 Å². The summed E-state index contributed by atoms with van der Waals surface area (Å²) >= 11 is 0. The molecule has 1 aromatic rings. The molecule has 1 aromatic carbocycles. The molecule has 0 fully saturated rings. The summed E-state index contributed by atoms with van der Waals surface area (Å²) in [6, 6.07) is 8.44. The van der Waals surface area contributed by atoms with Crippen LogP contribution in [-0.2, 0) is 6.42 Å². The number of halogens is 1. The summed E-state index contributed by atoms with van der Waals surface area (Å²) in [6.07, 6.45) is 1.03. The van der Waals surface area contributed by atoms with Gasteiger partial charge in [-0.3, -0.25) is 5.32 Å². The van der Waals surface area contributed by atoms with Gasteiger partial charge in [0, 0.05) is 13.0 Å². The zero-order chi connectivity index (χ0) is 12.7. The summed E-state index contributed by atoms with van der Waals surface area (Å²) in [6.45, 7) is 2.43. The normalized spacial score (nSPS) is 14.0. The van der Waals surface area contributed by atoms with E-state index in [4.69, 9.17) is 10.4 Å². The molecule has 0 aliphatic rings. The van der Waals surface area contributed by atoms with Crippen molar-refractivity contribution >= 4 is 0 Å². The number of rotatable bonds is 6. The minimum Gasteiger partial charge on any atom is -0.396 e. The Morgan fingerprint density at radius 1 is 1.53 bits per heavy atom. The van der Waals surface area contributed by atoms with Gasteiger partial charge in [-0.2, -0.15) is 5.26 Å². The molecule has 0 radical (unpaired) electrons. The van der Waals surface area contributed by atoms with Gasteiger partial charge in [0.05, 0.1) is 6.07 Å². The van der Waals surface area contributed by atoms with Crippen LogP contribution in [0.5, 0.6) is 0 Å². The second kappa shape index (κ2) is 6.33. The van der Waals surface area contributed by atoms with Gasteiger partial charge in [-0.15, -0.1) is 0 Å². The predicted octanol–water partition coefficient (Wildman–Crippen LogP) is 1.62. The monoisotopic (exact) mass is 236 g/mol. The zero-order valence-corrected chi connectivity index (χ0v) is 9.91. The molecular formula is C13H17FN2O. The quantitative estimate of drug-likeness (QED) is 0.738. The van der Waals surface area contributed by atoms with E-state index in [1.54, 1.807) is 19.1 Å². The summed E-state index contributed by atoms with van der Waals surface area (Å²) < 4.78 is 13.0. The van der Waals surface area contributed by atoms with Crippen LogP contribution in [0.25, 0.3) is 0 Å². The number of nitrogens with one attached hydrogen (secondary N) is 1. The lowest BCUT2D eigenvalue weighted by atomic mass is 9.94. The van der Waals surface area contributed by atoms with Crippen molar-refractivity contribution in [3.8, 4) is 6.07 Å². The second-order valence-electron chi connectivity index (χ2n) is 4.25. The first-order chi connectivity index (χ1) is 8.09. The van der Waals surface area contributed by atoms with Crippen LogP contribution in [0.3, 0.4) is 0 Å². The topological polar surface area (TPSA) is 56.0 Å². The van der Waals surface area contributed by atoms with Crippen LogP contribution in [0, 0.1) is 17.1 Å². The molecule has 0 spiro atoms.